The highest BCUT2D eigenvalue weighted by molar-refractivity contribution is 7.89. The summed E-state index contributed by atoms with van der Waals surface area (Å²) in [5.74, 6) is 1.13. The van der Waals surface area contributed by atoms with Crippen LogP contribution >= 0.6 is 0 Å². The topological polar surface area (TPSA) is 62.6 Å². The van der Waals surface area contributed by atoms with Gasteiger partial charge in [-0.05, 0) is 38.6 Å². The Balaban J connectivity index is 2.27. The van der Waals surface area contributed by atoms with E-state index in [0.29, 0.717) is 36.1 Å². The highest BCUT2D eigenvalue weighted by atomic mass is 32.2. The number of sulfonamides is 1. The Labute approximate surface area is 127 Å². The van der Waals surface area contributed by atoms with Crippen LogP contribution in [0.3, 0.4) is 0 Å². The molecule has 120 valence electrons. The summed E-state index contributed by atoms with van der Waals surface area (Å²) in [5.41, 5.74) is 0.137. The molecule has 0 aromatic carbocycles. The second-order valence-corrected chi connectivity index (χ2v) is 7.87. The molecule has 1 aliphatic rings. The van der Waals surface area contributed by atoms with Gasteiger partial charge in [-0.3, -0.25) is 0 Å². The Kier molecular flexibility index (Phi) is 4.80. The van der Waals surface area contributed by atoms with E-state index in [1.165, 1.54) is 0 Å². The number of nitrogens with one attached hydrogen (secondary N) is 1. The van der Waals surface area contributed by atoms with Crippen LogP contribution in [0.25, 0.3) is 0 Å². The van der Waals surface area contributed by atoms with Crippen LogP contribution in [0.1, 0.15) is 44.6 Å². The molecule has 1 N–H and O–H groups in total. The Hall–Kier alpha value is -0.850. The average Bonchev–Trinajstić information content (AvgIpc) is 3.04. The zero-order valence-electron chi connectivity index (χ0n) is 13.4. The van der Waals surface area contributed by atoms with Gasteiger partial charge in [-0.25, -0.2) is 8.42 Å². The van der Waals surface area contributed by atoms with Crippen molar-refractivity contribution in [1.29, 1.82) is 0 Å². The lowest BCUT2D eigenvalue weighted by Gasteiger charge is -2.26. The second kappa shape index (κ2) is 6.10. The van der Waals surface area contributed by atoms with E-state index in [-0.39, 0.29) is 5.41 Å². The van der Waals surface area contributed by atoms with Gasteiger partial charge in [0.25, 0.3) is 0 Å². The molecule has 0 spiro atoms. The molecule has 2 heterocycles. The molecule has 0 unspecified atom stereocenters. The quantitative estimate of drug-likeness (QED) is 0.876. The summed E-state index contributed by atoms with van der Waals surface area (Å²) in [6, 6.07) is 1.65. The maximum Gasteiger partial charge on any atom is 0.246 e. The van der Waals surface area contributed by atoms with Gasteiger partial charge in [-0.1, -0.05) is 13.8 Å². The van der Waals surface area contributed by atoms with E-state index in [2.05, 4.69) is 19.2 Å². The zero-order chi connectivity index (χ0) is 15.7. The van der Waals surface area contributed by atoms with Gasteiger partial charge in [0.2, 0.25) is 10.0 Å². The second-order valence-electron chi connectivity index (χ2n) is 5.96. The SMILES string of the molecule is CCC1(CC)CCN(S(=O)(=O)c2cc(CNC)oc2C)C1. The van der Waals surface area contributed by atoms with Crippen molar-refractivity contribution in [2.45, 2.75) is 51.5 Å². The summed E-state index contributed by atoms with van der Waals surface area (Å²) in [6.07, 6.45) is 2.98. The first kappa shape index (κ1) is 16.5. The first-order valence-corrected chi connectivity index (χ1v) is 9.06. The van der Waals surface area contributed by atoms with Crippen LogP contribution in [0.5, 0.6) is 0 Å². The number of aryl methyl sites for hydroxylation is 1. The molecular formula is C15H26N2O3S. The molecule has 21 heavy (non-hydrogen) atoms. The highest BCUT2D eigenvalue weighted by Crippen LogP contribution is 2.39. The summed E-state index contributed by atoms with van der Waals surface area (Å²) >= 11 is 0. The molecule has 6 heteroatoms. The van der Waals surface area contributed by atoms with Gasteiger partial charge in [0.1, 0.15) is 16.4 Å². The number of nitrogens with zero attached hydrogens (tertiary/aromatic N) is 1. The normalized spacial score (nSPS) is 19.2. The van der Waals surface area contributed by atoms with Crippen LogP contribution in [-0.2, 0) is 16.6 Å². The van der Waals surface area contributed by atoms with Gasteiger partial charge in [0, 0.05) is 19.2 Å². The molecule has 1 aliphatic heterocycles. The summed E-state index contributed by atoms with van der Waals surface area (Å²) in [5, 5.41) is 2.97. The largest absolute Gasteiger partial charge is 0.464 e. The molecular weight excluding hydrogens is 288 g/mol. The van der Waals surface area contributed by atoms with Crippen molar-refractivity contribution < 1.29 is 12.8 Å². The van der Waals surface area contributed by atoms with Crippen molar-refractivity contribution in [3.63, 3.8) is 0 Å². The minimum atomic E-state index is -3.45. The molecule has 1 aromatic heterocycles. The Morgan fingerprint density at radius 1 is 1.38 bits per heavy atom. The first-order valence-electron chi connectivity index (χ1n) is 7.62. The molecule has 0 radical (unpaired) electrons. The Bertz CT molecular complexity index is 588. The fraction of sp³-hybridized carbons (Fsp3) is 0.733. The van der Waals surface area contributed by atoms with Crippen molar-refractivity contribution in [2.24, 2.45) is 5.41 Å². The predicted octanol–water partition coefficient (Wildman–Crippen LogP) is 2.51. The zero-order valence-corrected chi connectivity index (χ0v) is 14.2. The summed E-state index contributed by atoms with van der Waals surface area (Å²) in [7, 11) is -1.64. The lowest BCUT2D eigenvalue weighted by Crippen LogP contribution is -2.32. The third-order valence-electron chi connectivity index (χ3n) is 4.80. The molecule has 0 amide bonds. The molecule has 1 fully saturated rings. The molecule has 5 nitrogen and oxygen atoms in total. The number of rotatable bonds is 6. The lowest BCUT2D eigenvalue weighted by atomic mass is 9.82. The fourth-order valence-electron chi connectivity index (χ4n) is 3.11. The lowest BCUT2D eigenvalue weighted by molar-refractivity contribution is 0.279. The van der Waals surface area contributed by atoms with Crippen molar-refractivity contribution >= 4 is 10.0 Å². The van der Waals surface area contributed by atoms with Gasteiger partial charge in [0.15, 0.2) is 0 Å². The van der Waals surface area contributed by atoms with Crippen LogP contribution in [0, 0.1) is 12.3 Å². The first-order chi connectivity index (χ1) is 9.88. The van der Waals surface area contributed by atoms with Crippen LogP contribution in [-0.4, -0.2) is 32.9 Å². The predicted molar refractivity (Wildman–Crippen MR) is 82.6 cm³/mol. The standard InChI is InChI=1S/C15H26N2O3S/c1-5-15(6-2)7-8-17(11-15)21(18,19)14-9-13(10-16-4)20-12(14)3/h9,16H,5-8,10-11H2,1-4H3. The highest BCUT2D eigenvalue weighted by Gasteiger charge is 2.41. The number of furan rings is 1. The van der Waals surface area contributed by atoms with E-state index in [0.717, 1.165) is 19.3 Å². The maximum absolute atomic E-state index is 12.8. The third-order valence-corrected chi connectivity index (χ3v) is 6.75. The summed E-state index contributed by atoms with van der Waals surface area (Å²) < 4.78 is 32.8. The fourth-order valence-corrected chi connectivity index (χ4v) is 4.85. The summed E-state index contributed by atoms with van der Waals surface area (Å²) in [4.78, 5) is 0.316. The van der Waals surface area contributed by atoms with Gasteiger partial charge >= 0.3 is 0 Å². The monoisotopic (exact) mass is 314 g/mol. The molecule has 1 saturated heterocycles. The minimum absolute atomic E-state index is 0.137. The van der Waals surface area contributed by atoms with E-state index in [1.54, 1.807) is 17.3 Å². The third kappa shape index (κ3) is 3.03. The van der Waals surface area contributed by atoms with E-state index in [4.69, 9.17) is 4.42 Å². The molecule has 0 atom stereocenters. The number of hydrogen-bond acceptors (Lipinski definition) is 4. The van der Waals surface area contributed by atoms with E-state index in [1.807, 2.05) is 7.05 Å². The van der Waals surface area contributed by atoms with Gasteiger partial charge < -0.3 is 9.73 Å². The van der Waals surface area contributed by atoms with Crippen molar-refractivity contribution in [3.05, 3.63) is 17.6 Å². The van der Waals surface area contributed by atoms with Gasteiger partial charge in [0.05, 0.1) is 6.54 Å². The molecule has 0 saturated carbocycles. The average molecular weight is 314 g/mol. The Morgan fingerprint density at radius 3 is 2.57 bits per heavy atom. The van der Waals surface area contributed by atoms with Crippen molar-refractivity contribution in [2.75, 3.05) is 20.1 Å². The summed E-state index contributed by atoms with van der Waals surface area (Å²) in [6.45, 7) is 7.77. The number of hydrogen-bond donors (Lipinski definition) is 1. The van der Waals surface area contributed by atoms with Gasteiger partial charge in [-0.15, -0.1) is 0 Å². The minimum Gasteiger partial charge on any atom is -0.464 e. The van der Waals surface area contributed by atoms with Crippen LogP contribution in [0.15, 0.2) is 15.4 Å². The van der Waals surface area contributed by atoms with Crippen LogP contribution in [0.4, 0.5) is 0 Å². The molecule has 1 aromatic rings. The smallest absolute Gasteiger partial charge is 0.246 e. The molecule has 0 bridgehead atoms. The molecule has 2 rings (SSSR count). The van der Waals surface area contributed by atoms with Gasteiger partial charge in [-0.2, -0.15) is 4.31 Å². The van der Waals surface area contributed by atoms with E-state index in [9.17, 15) is 8.42 Å². The molecule has 0 aliphatic carbocycles. The Morgan fingerprint density at radius 2 is 2.05 bits per heavy atom. The van der Waals surface area contributed by atoms with Crippen molar-refractivity contribution in [3.8, 4) is 0 Å². The van der Waals surface area contributed by atoms with Crippen LogP contribution in [0.2, 0.25) is 0 Å². The van der Waals surface area contributed by atoms with Crippen molar-refractivity contribution in [1.82, 2.24) is 9.62 Å². The van der Waals surface area contributed by atoms with E-state index >= 15 is 0 Å². The van der Waals surface area contributed by atoms with Crippen LogP contribution < -0.4 is 5.32 Å². The maximum atomic E-state index is 12.8. The van der Waals surface area contributed by atoms with E-state index < -0.39 is 10.0 Å².